The number of nitrogens with zero attached hydrogens (tertiary/aromatic N) is 1. The third-order valence-electron chi connectivity index (χ3n) is 4.87. The van der Waals surface area contributed by atoms with Gasteiger partial charge in [-0.25, -0.2) is 0 Å². The Morgan fingerprint density at radius 1 is 1.04 bits per heavy atom. The molecule has 0 radical (unpaired) electrons. The molecule has 5 heteroatoms. The van der Waals surface area contributed by atoms with Crippen molar-refractivity contribution in [3.8, 4) is 11.5 Å². The van der Waals surface area contributed by atoms with E-state index in [-0.39, 0.29) is 0 Å². The largest absolute Gasteiger partial charge is 0.497 e. The van der Waals surface area contributed by atoms with Gasteiger partial charge in [0.1, 0.15) is 11.5 Å². The first kappa shape index (κ1) is 18.5. The second-order valence-corrected chi connectivity index (χ2v) is 7.04. The van der Waals surface area contributed by atoms with Gasteiger partial charge in [-0.2, -0.15) is 0 Å². The molecule has 1 aliphatic heterocycles. The van der Waals surface area contributed by atoms with Crippen LogP contribution >= 0.6 is 12.2 Å². The number of ether oxygens (including phenoxy) is 2. The number of benzene rings is 2. The van der Waals surface area contributed by atoms with E-state index in [4.69, 9.17) is 21.7 Å². The van der Waals surface area contributed by atoms with Crippen LogP contribution < -0.4 is 14.8 Å². The van der Waals surface area contributed by atoms with Crippen LogP contribution in [0.5, 0.6) is 11.5 Å². The van der Waals surface area contributed by atoms with Gasteiger partial charge in [-0.3, -0.25) is 0 Å². The van der Waals surface area contributed by atoms with Gasteiger partial charge in [-0.15, -0.1) is 0 Å². The van der Waals surface area contributed by atoms with E-state index >= 15 is 0 Å². The Morgan fingerprint density at radius 2 is 1.65 bits per heavy atom. The van der Waals surface area contributed by atoms with Crippen molar-refractivity contribution in [3.05, 3.63) is 54.1 Å². The van der Waals surface area contributed by atoms with Gasteiger partial charge in [0.2, 0.25) is 0 Å². The predicted octanol–water partition coefficient (Wildman–Crippen LogP) is 4.36. The van der Waals surface area contributed by atoms with Crippen LogP contribution in [0.1, 0.15) is 18.4 Å². The Morgan fingerprint density at radius 3 is 2.23 bits per heavy atom. The third-order valence-corrected chi connectivity index (χ3v) is 5.23. The number of likely N-dealkylation sites (tertiary alicyclic amines) is 1. The molecule has 0 saturated carbocycles. The van der Waals surface area contributed by atoms with Gasteiger partial charge in [0.15, 0.2) is 5.11 Å². The summed E-state index contributed by atoms with van der Waals surface area (Å²) in [6.07, 6.45) is 3.48. The van der Waals surface area contributed by atoms with Gasteiger partial charge in [-0.1, -0.05) is 30.3 Å². The second kappa shape index (κ2) is 8.90. The van der Waals surface area contributed by atoms with Crippen molar-refractivity contribution in [1.29, 1.82) is 0 Å². The summed E-state index contributed by atoms with van der Waals surface area (Å²) in [6, 6.07) is 16.4. The lowest BCUT2D eigenvalue weighted by Crippen LogP contribution is -2.41. The van der Waals surface area contributed by atoms with Crippen molar-refractivity contribution in [2.75, 3.05) is 32.6 Å². The lowest BCUT2D eigenvalue weighted by atomic mass is 9.90. The maximum Gasteiger partial charge on any atom is 0.173 e. The van der Waals surface area contributed by atoms with E-state index in [0.717, 1.165) is 60.6 Å². The molecule has 2 aromatic rings. The summed E-state index contributed by atoms with van der Waals surface area (Å²) in [4.78, 5) is 2.25. The number of thiocarbonyl (C=S) groups is 1. The van der Waals surface area contributed by atoms with Crippen molar-refractivity contribution in [2.24, 2.45) is 5.92 Å². The van der Waals surface area contributed by atoms with Crippen molar-refractivity contribution in [3.63, 3.8) is 0 Å². The van der Waals surface area contributed by atoms with Crippen molar-refractivity contribution >= 4 is 23.0 Å². The van der Waals surface area contributed by atoms with Crippen LogP contribution in [-0.2, 0) is 6.42 Å². The van der Waals surface area contributed by atoms with Gasteiger partial charge < -0.3 is 19.7 Å². The zero-order valence-electron chi connectivity index (χ0n) is 15.4. The number of piperidine rings is 1. The van der Waals surface area contributed by atoms with Crippen LogP contribution in [0.25, 0.3) is 0 Å². The normalized spacial score (nSPS) is 14.8. The maximum atomic E-state index is 5.62. The van der Waals surface area contributed by atoms with Crippen molar-refractivity contribution in [2.45, 2.75) is 19.3 Å². The lowest BCUT2D eigenvalue weighted by Gasteiger charge is -2.34. The highest BCUT2D eigenvalue weighted by molar-refractivity contribution is 7.80. The number of nitrogens with one attached hydrogen (secondary N) is 1. The molecule has 138 valence electrons. The molecular formula is C21H26N2O2S. The molecule has 2 aromatic carbocycles. The van der Waals surface area contributed by atoms with Crippen LogP contribution in [0, 0.1) is 5.92 Å². The molecule has 3 rings (SSSR count). The molecular weight excluding hydrogens is 344 g/mol. The average Bonchev–Trinajstić information content (AvgIpc) is 2.69. The Kier molecular flexibility index (Phi) is 6.34. The number of anilines is 1. The van der Waals surface area contributed by atoms with E-state index in [1.54, 1.807) is 14.2 Å². The highest BCUT2D eigenvalue weighted by Gasteiger charge is 2.21. The molecule has 1 fully saturated rings. The molecule has 0 bridgehead atoms. The molecule has 0 aromatic heterocycles. The quantitative estimate of drug-likeness (QED) is 0.791. The molecule has 0 atom stereocenters. The number of hydrogen-bond acceptors (Lipinski definition) is 3. The molecule has 4 nitrogen and oxygen atoms in total. The highest BCUT2D eigenvalue weighted by atomic mass is 32.1. The number of rotatable bonds is 5. The molecule has 1 heterocycles. The summed E-state index contributed by atoms with van der Waals surface area (Å²) in [7, 11) is 3.29. The zero-order chi connectivity index (χ0) is 18.4. The fourth-order valence-electron chi connectivity index (χ4n) is 3.37. The van der Waals surface area contributed by atoms with Gasteiger partial charge in [0.25, 0.3) is 0 Å². The molecule has 0 spiro atoms. The Balaban J connectivity index is 1.54. The minimum absolute atomic E-state index is 0.730. The summed E-state index contributed by atoms with van der Waals surface area (Å²) in [5.41, 5.74) is 2.31. The van der Waals surface area contributed by atoms with Crippen molar-refractivity contribution < 1.29 is 9.47 Å². The summed E-state index contributed by atoms with van der Waals surface area (Å²) < 4.78 is 10.6. The van der Waals surface area contributed by atoms with Gasteiger partial charge in [-0.05, 0) is 43.0 Å². The molecule has 1 saturated heterocycles. The third kappa shape index (κ3) is 4.88. The highest BCUT2D eigenvalue weighted by Crippen LogP contribution is 2.27. The van der Waals surface area contributed by atoms with Crippen LogP contribution in [-0.4, -0.2) is 37.3 Å². The molecule has 26 heavy (non-hydrogen) atoms. The monoisotopic (exact) mass is 370 g/mol. The summed E-state index contributed by atoms with van der Waals surface area (Å²) in [5, 5.41) is 4.09. The molecule has 0 amide bonds. The fourth-order valence-corrected chi connectivity index (χ4v) is 3.67. The van der Waals surface area contributed by atoms with Crippen molar-refractivity contribution in [1.82, 2.24) is 4.90 Å². The zero-order valence-corrected chi connectivity index (χ0v) is 16.2. The van der Waals surface area contributed by atoms with Crippen LogP contribution in [0.3, 0.4) is 0 Å². The first-order chi connectivity index (χ1) is 12.7. The first-order valence-electron chi connectivity index (χ1n) is 9.01. The lowest BCUT2D eigenvalue weighted by molar-refractivity contribution is 0.268. The van der Waals surface area contributed by atoms with E-state index in [2.05, 4.69) is 40.5 Å². The summed E-state index contributed by atoms with van der Waals surface area (Å²) in [6.45, 7) is 1.98. The summed E-state index contributed by atoms with van der Waals surface area (Å²) in [5.74, 6) is 2.22. The average molecular weight is 371 g/mol. The topological polar surface area (TPSA) is 33.7 Å². The number of hydrogen-bond donors (Lipinski definition) is 1. The van der Waals surface area contributed by atoms with E-state index < -0.39 is 0 Å². The van der Waals surface area contributed by atoms with Gasteiger partial charge in [0, 0.05) is 37.0 Å². The Bertz CT molecular complexity index is 706. The molecule has 1 aliphatic rings. The minimum Gasteiger partial charge on any atom is -0.497 e. The smallest absolute Gasteiger partial charge is 0.173 e. The molecule has 1 N–H and O–H groups in total. The van der Waals surface area contributed by atoms with E-state index in [9.17, 15) is 0 Å². The Hall–Kier alpha value is -2.27. The van der Waals surface area contributed by atoms with Crippen LogP contribution in [0.2, 0.25) is 0 Å². The van der Waals surface area contributed by atoms with Gasteiger partial charge in [0.05, 0.1) is 14.2 Å². The molecule has 0 unspecified atom stereocenters. The van der Waals surface area contributed by atoms with E-state index in [1.807, 2.05) is 18.2 Å². The SMILES string of the molecule is COc1cc(NC(=S)N2CCC(Cc3ccccc3)CC2)cc(OC)c1. The van der Waals surface area contributed by atoms with E-state index in [0.29, 0.717) is 0 Å². The maximum absolute atomic E-state index is 5.62. The Labute approximate surface area is 161 Å². The minimum atomic E-state index is 0.730. The molecule has 0 aliphatic carbocycles. The van der Waals surface area contributed by atoms with E-state index in [1.165, 1.54) is 5.56 Å². The van der Waals surface area contributed by atoms with Crippen LogP contribution in [0.15, 0.2) is 48.5 Å². The summed E-state index contributed by atoms with van der Waals surface area (Å²) >= 11 is 5.62. The second-order valence-electron chi connectivity index (χ2n) is 6.65. The van der Waals surface area contributed by atoms with Crippen LogP contribution in [0.4, 0.5) is 5.69 Å². The van der Waals surface area contributed by atoms with Gasteiger partial charge >= 0.3 is 0 Å². The predicted molar refractivity (Wildman–Crippen MR) is 110 cm³/mol. The number of methoxy groups -OCH3 is 2. The fraction of sp³-hybridized carbons (Fsp3) is 0.381. The standard InChI is InChI=1S/C21H26N2O2S/c1-24-19-13-18(14-20(15-19)25-2)22-21(26)23-10-8-17(9-11-23)12-16-6-4-3-5-7-16/h3-7,13-15,17H,8-12H2,1-2H3,(H,22,26). The first-order valence-corrected chi connectivity index (χ1v) is 9.41.